The Morgan fingerprint density at radius 3 is 3.00 bits per heavy atom. The summed E-state index contributed by atoms with van der Waals surface area (Å²) in [6.07, 6.45) is 1.29. The van der Waals surface area contributed by atoms with Crippen molar-refractivity contribution in [2.24, 2.45) is 4.99 Å². The zero-order chi connectivity index (χ0) is 8.84. The second-order valence-electron chi connectivity index (χ2n) is 2.83. The van der Waals surface area contributed by atoms with Gasteiger partial charge in [-0.05, 0) is 12.1 Å². The van der Waals surface area contributed by atoms with Crippen LogP contribution in [-0.2, 0) is 0 Å². The summed E-state index contributed by atoms with van der Waals surface area (Å²) in [4.78, 5) is 19.4. The molecule has 4 heteroatoms. The summed E-state index contributed by atoms with van der Waals surface area (Å²) in [5.74, 6) is 0.356. The summed E-state index contributed by atoms with van der Waals surface area (Å²) in [7, 11) is 0. The number of aliphatic imine (C=N–C) groups is 1. The molecule has 1 aliphatic heterocycles. The highest BCUT2D eigenvalue weighted by Crippen LogP contribution is 2.23. The SMILES string of the molecule is O=C1C=Nc2nc3ccccc3n21. The van der Waals surface area contributed by atoms with Crippen LogP contribution >= 0.6 is 0 Å². The van der Waals surface area contributed by atoms with Crippen LogP contribution in [0.5, 0.6) is 0 Å². The Kier molecular flexibility index (Phi) is 1.02. The van der Waals surface area contributed by atoms with Crippen molar-refractivity contribution >= 4 is 29.1 Å². The van der Waals surface area contributed by atoms with Gasteiger partial charge in [0.05, 0.1) is 17.2 Å². The first-order chi connectivity index (χ1) is 6.36. The molecule has 2 heterocycles. The maximum Gasteiger partial charge on any atom is 0.276 e. The molecule has 0 aliphatic carbocycles. The molecule has 13 heavy (non-hydrogen) atoms. The van der Waals surface area contributed by atoms with E-state index in [1.54, 1.807) is 0 Å². The van der Waals surface area contributed by atoms with Gasteiger partial charge in [-0.2, -0.15) is 0 Å². The summed E-state index contributed by atoms with van der Waals surface area (Å²) in [5.41, 5.74) is 1.63. The number of fused-ring (bicyclic) bond motifs is 3. The van der Waals surface area contributed by atoms with Crippen molar-refractivity contribution in [2.75, 3.05) is 0 Å². The van der Waals surface area contributed by atoms with Crippen LogP contribution in [0.25, 0.3) is 11.0 Å². The van der Waals surface area contributed by atoms with Gasteiger partial charge in [-0.3, -0.25) is 4.79 Å². The zero-order valence-corrected chi connectivity index (χ0v) is 6.64. The zero-order valence-electron chi connectivity index (χ0n) is 6.64. The van der Waals surface area contributed by atoms with Gasteiger partial charge in [0, 0.05) is 0 Å². The average Bonchev–Trinajstić information content (AvgIpc) is 2.66. The molecular weight excluding hydrogens is 166 g/mol. The summed E-state index contributed by atoms with van der Waals surface area (Å²) < 4.78 is 1.51. The van der Waals surface area contributed by atoms with Crippen molar-refractivity contribution in [3.8, 4) is 0 Å². The van der Waals surface area contributed by atoms with Gasteiger partial charge in [-0.15, -0.1) is 0 Å². The van der Waals surface area contributed by atoms with Gasteiger partial charge >= 0.3 is 0 Å². The summed E-state index contributed by atoms with van der Waals surface area (Å²) in [6.45, 7) is 0. The molecular formula is C9H5N3O. The molecule has 1 aromatic heterocycles. The molecule has 1 aromatic carbocycles. The molecule has 0 saturated heterocycles. The van der Waals surface area contributed by atoms with E-state index in [9.17, 15) is 4.79 Å². The Labute approximate surface area is 73.5 Å². The predicted octanol–water partition coefficient (Wildman–Crippen LogP) is 1.39. The topological polar surface area (TPSA) is 47.2 Å². The Morgan fingerprint density at radius 1 is 1.23 bits per heavy atom. The van der Waals surface area contributed by atoms with E-state index in [2.05, 4.69) is 9.98 Å². The van der Waals surface area contributed by atoms with Crippen molar-refractivity contribution < 1.29 is 4.79 Å². The van der Waals surface area contributed by atoms with E-state index in [0.717, 1.165) is 11.0 Å². The normalized spacial score (nSPS) is 14.0. The number of imidazole rings is 1. The van der Waals surface area contributed by atoms with E-state index >= 15 is 0 Å². The van der Waals surface area contributed by atoms with E-state index in [4.69, 9.17) is 0 Å². The minimum atomic E-state index is -0.122. The van der Waals surface area contributed by atoms with E-state index in [-0.39, 0.29) is 5.91 Å². The third-order valence-electron chi connectivity index (χ3n) is 2.05. The Hall–Kier alpha value is -1.97. The second kappa shape index (κ2) is 2.04. The molecule has 0 fully saturated rings. The van der Waals surface area contributed by atoms with Crippen LogP contribution in [0.3, 0.4) is 0 Å². The maximum absolute atomic E-state index is 11.3. The maximum atomic E-state index is 11.3. The van der Waals surface area contributed by atoms with E-state index in [1.807, 2.05) is 24.3 Å². The molecule has 0 unspecified atom stereocenters. The Morgan fingerprint density at radius 2 is 2.08 bits per heavy atom. The van der Waals surface area contributed by atoms with E-state index < -0.39 is 0 Å². The third kappa shape index (κ3) is 0.717. The molecule has 62 valence electrons. The predicted molar refractivity (Wildman–Crippen MR) is 48.5 cm³/mol. The molecule has 3 rings (SSSR count). The van der Waals surface area contributed by atoms with Crippen molar-refractivity contribution in [2.45, 2.75) is 0 Å². The van der Waals surface area contributed by atoms with Crippen LogP contribution in [0.1, 0.15) is 4.79 Å². The quantitative estimate of drug-likeness (QED) is 0.601. The lowest BCUT2D eigenvalue weighted by Crippen LogP contribution is -2.04. The van der Waals surface area contributed by atoms with Gasteiger partial charge in [0.1, 0.15) is 0 Å². The first-order valence-corrected chi connectivity index (χ1v) is 3.92. The molecule has 0 N–H and O–H groups in total. The number of rotatable bonds is 0. The minimum absolute atomic E-state index is 0.122. The highest BCUT2D eigenvalue weighted by Gasteiger charge is 2.18. The number of hydrogen-bond acceptors (Lipinski definition) is 3. The number of hydrogen-bond donors (Lipinski definition) is 0. The fraction of sp³-hybridized carbons (Fsp3) is 0. The molecule has 4 nitrogen and oxygen atoms in total. The Bertz CT molecular complexity index is 539. The van der Waals surface area contributed by atoms with Crippen LogP contribution in [0.15, 0.2) is 29.3 Å². The average molecular weight is 171 g/mol. The number of carbonyl (C=O) groups is 1. The van der Waals surface area contributed by atoms with Crippen molar-refractivity contribution in [1.82, 2.24) is 9.55 Å². The lowest BCUT2D eigenvalue weighted by atomic mass is 10.3. The molecule has 0 radical (unpaired) electrons. The smallest absolute Gasteiger partial charge is 0.267 e. The van der Waals surface area contributed by atoms with Crippen molar-refractivity contribution in [3.05, 3.63) is 24.3 Å². The number of para-hydroxylation sites is 2. The van der Waals surface area contributed by atoms with E-state index in [0.29, 0.717) is 5.95 Å². The van der Waals surface area contributed by atoms with Gasteiger partial charge < -0.3 is 0 Å². The highest BCUT2D eigenvalue weighted by atomic mass is 16.2. The van der Waals surface area contributed by atoms with Crippen molar-refractivity contribution in [1.29, 1.82) is 0 Å². The summed E-state index contributed by atoms with van der Waals surface area (Å²) >= 11 is 0. The van der Waals surface area contributed by atoms with E-state index in [1.165, 1.54) is 10.8 Å². The molecule has 0 bridgehead atoms. The largest absolute Gasteiger partial charge is 0.276 e. The Balaban J connectivity index is 2.51. The molecule has 0 saturated carbocycles. The molecule has 0 atom stereocenters. The van der Waals surface area contributed by atoms with Gasteiger partial charge in [-0.1, -0.05) is 12.1 Å². The summed E-state index contributed by atoms with van der Waals surface area (Å²) in [5, 5.41) is 0. The molecule has 0 amide bonds. The van der Waals surface area contributed by atoms with Gasteiger partial charge in [-0.25, -0.2) is 14.5 Å². The number of carbonyl (C=O) groups excluding carboxylic acids is 1. The van der Waals surface area contributed by atoms with Crippen molar-refractivity contribution in [3.63, 3.8) is 0 Å². The van der Waals surface area contributed by atoms with Gasteiger partial charge in [0.25, 0.3) is 5.91 Å². The molecule has 1 aliphatic rings. The number of benzene rings is 1. The van der Waals surface area contributed by atoms with Crippen LogP contribution in [-0.4, -0.2) is 21.7 Å². The van der Waals surface area contributed by atoms with Crippen LogP contribution in [0, 0.1) is 0 Å². The monoisotopic (exact) mass is 171 g/mol. The fourth-order valence-corrected chi connectivity index (χ4v) is 1.49. The summed E-state index contributed by atoms with van der Waals surface area (Å²) in [6, 6.07) is 7.49. The molecule has 0 spiro atoms. The number of nitrogens with zero attached hydrogens (tertiary/aromatic N) is 3. The first kappa shape index (κ1) is 6.54. The standard InChI is InChI=1S/C9H5N3O/c13-8-5-10-9-11-6-3-1-2-4-7(6)12(8)9/h1-5H. The molecule has 2 aromatic rings. The second-order valence-corrected chi connectivity index (χ2v) is 2.83. The first-order valence-electron chi connectivity index (χ1n) is 3.92. The fourth-order valence-electron chi connectivity index (χ4n) is 1.49. The lowest BCUT2D eigenvalue weighted by molar-refractivity contribution is 0.101. The van der Waals surface area contributed by atoms with Crippen LogP contribution < -0.4 is 0 Å². The third-order valence-corrected chi connectivity index (χ3v) is 2.05. The van der Waals surface area contributed by atoms with Crippen LogP contribution in [0.4, 0.5) is 5.95 Å². The number of aromatic nitrogens is 2. The van der Waals surface area contributed by atoms with Crippen LogP contribution in [0.2, 0.25) is 0 Å². The highest BCUT2D eigenvalue weighted by molar-refractivity contribution is 6.32. The van der Waals surface area contributed by atoms with Gasteiger partial charge in [0.2, 0.25) is 5.95 Å². The lowest BCUT2D eigenvalue weighted by Gasteiger charge is -1.92. The minimum Gasteiger partial charge on any atom is -0.267 e. The van der Waals surface area contributed by atoms with Gasteiger partial charge in [0.15, 0.2) is 0 Å².